The van der Waals surface area contributed by atoms with Crippen LogP contribution < -0.4 is 0 Å². The lowest BCUT2D eigenvalue weighted by Crippen LogP contribution is -2.34. The molecule has 4 heteroatoms. The van der Waals surface area contributed by atoms with Crippen molar-refractivity contribution in [3.8, 4) is 0 Å². The molecule has 0 fully saturated rings. The van der Waals surface area contributed by atoms with Crippen molar-refractivity contribution in [1.82, 2.24) is 10.0 Å². The van der Waals surface area contributed by atoms with Crippen LogP contribution in [0.4, 0.5) is 0 Å². The molecule has 0 unspecified atom stereocenters. The van der Waals surface area contributed by atoms with E-state index in [-0.39, 0.29) is 0 Å². The van der Waals surface area contributed by atoms with Crippen LogP contribution in [0.3, 0.4) is 0 Å². The number of allylic oxidation sites excluding steroid dienone is 4. The van der Waals surface area contributed by atoms with Crippen LogP contribution in [0.5, 0.6) is 0 Å². The normalized spacial score (nSPS) is 21.7. The molecule has 0 saturated heterocycles. The van der Waals surface area contributed by atoms with E-state index in [0.717, 1.165) is 11.7 Å². The van der Waals surface area contributed by atoms with Gasteiger partial charge in [0.1, 0.15) is 0 Å². The van der Waals surface area contributed by atoms with Gasteiger partial charge in [0.25, 0.3) is 0 Å². The molecule has 0 aromatic heterocycles. The minimum absolute atomic E-state index is 0.830. The molecule has 68 valence electrons. The predicted octanol–water partition coefficient (Wildman–Crippen LogP) is 1.40. The van der Waals surface area contributed by atoms with E-state index in [9.17, 15) is 0 Å². The molecule has 3 heterocycles. The molecule has 0 aliphatic carbocycles. The molecule has 4 nitrogen and oxygen atoms in total. The molecule has 0 atom stereocenters. The number of hydrogen-bond donors (Lipinski definition) is 0. The van der Waals surface area contributed by atoms with E-state index >= 15 is 0 Å². The third-order valence-corrected chi connectivity index (χ3v) is 2.06. The van der Waals surface area contributed by atoms with Gasteiger partial charge >= 0.3 is 0 Å². The van der Waals surface area contributed by atoms with Gasteiger partial charge < -0.3 is 0 Å². The van der Waals surface area contributed by atoms with Gasteiger partial charge in [0, 0.05) is 12.4 Å². The average Bonchev–Trinajstić information content (AvgIpc) is 2.26. The van der Waals surface area contributed by atoms with E-state index in [4.69, 9.17) is 0 Å². The lowest BCUT2D eigenvalue weighted by atomic mass is 10.3. The number of rotatable bonds is 0. The fraction of sp³-hybridized carbons (Fsp3) is 0. The summed E-state index contributed by atoms with van der Waals surface area (Å²) >= 11 is 0. The molecule has 14 heavy (non-hydrogen) atoms. The van der Waals surface area contributed by atoms with E-state index in [0.29, 0.717) is 0 Å². The summed E-state index contributed by atoms with van der Waals surface area (Å²) in [5.74, 6) is 1.66. The SMILES string of the molecule is C1=CC2=NN3C=CC=CC3=NN2C=C1. The molecule has 0 aromatic carbocycles. The Morgan fingerprint density at radius 1 is 0.714 bits per heavy atom. The van der Waals surface area contributed by atoms with Gasteiger partial charge in [-0.3, -0.25) is 0 Å². The van der Waals surface area contributed by atoms with Crippen molar-refractivity contribution in [3.05, 3.63) is 48.9 Å². The molecule has 0 bridgehead atoms. The van der Waals surface area contributed by atoms with Crippen LogP contribution in [0.15, 0.2) is 59.1 Å². The Morgan fingerprint density at radius 2 is 1.21 bits per heavy atom. The van der Waals surface area contributed by atoms with E-state index in [1.165, 1.54) is 0 Å². The summed E-state index contributed by atoms with van der Waals surface area (Å²) in [5, 5.41) is 12.3. The van der Waals surface area contributed by atoms with Crippen molar-refractivity contribution < 1.29 is 0 Å². The maximum absolute atomic E-state index is 4.39. The standard InChI is InChI=1S/C10H8N4/c1-3-7-13-9(5-1)11-14-8-4-2-6-10(14)12-13/h1-8H. The Bertz CT molecular complexity index is 395. The van der Waals surface area contributed by atoms with Crippen molar-refractivity contribution in [2.24, 2.45) is 10.2 Å². The third kappa shape index (κ3) is 1.01. The smallest absolute Gasteiger partial charge is 0.174 e. The van der Waals surface area contributed by atoms with E-state index in [1.54, 1.807) is 10.0 Å². The highest BCUT2D eigenvalue weighted by Gasteiger charge is 2.18. The molecule has 0 aromatic rings. The summed E-state index contributed by atoms with van der Waals surface area (Å²) in [6.45, 7) is 0. The number of hydrazone groups is 2. The summed E-state index contributed by atoms with van der Waals surface area (Å²) in [6.07, 6.45) is 15.4. The Hall–Kier alpha value is -2.10. The molecule has 0 amide bonds. The molecular formula is C10H8N4. The number of amidine groups is 2. The molecule has 3 aliphatic rings. The largest absolute Gasteiger partial charge is 0.219 e. The summed E-state index contributed by atoms with van der Waals surface area (Å²) in [7, 11) is 0. The molecular weight excluding hydrogens is 176 g/mol. The van der Waals surface area contributed by atoms with Gasteiger partial charge in [-0.25, -0.2) is 10.0 Å². The maximum Gasteiger partial charge on any atom is 0.174 e. The quantitative estimate of drug-likeness (QED) is 0.569. The zero-order valence-corrected chi connectivity index (χ0v) is 7.41. The average molecular weight is 184 g/mol. The fourth-order valence-electron chi connectivity index (χ4n) is 1.40. The van der Waals surface area contributed by atoms with Crippen LogP contribution in [-0.2, 0) is 0 Å². The maximum atomic E-state index is 4.39. The van der Waals surface area contributed by atoms with Gasteiger partial charge in [-0.1, -0.05) is 12.2 Å². The zero-order chi connectivity index (χ0) is 9.38. The van der Waals surface area contributed by atoms with Crippen molar-refractivity contribution in [3.63, 3.8) is 0 Å². The third-order valence-electron chi connectivity index (χ3n) is 2.06. The van der Waals surface area contributed by atoms with E-state index in [1.807, 2.05) is 48.9 Å². The molecule has 3 rings (SSSR count). The van der Waals surface area contributed by atoms with Crippen molar-refractivity contribution in [2.45, 2.75) is 0 Å². The van der Waals surface area contributed by atoms with Crippen LogP contribution >= 0.6 is 0 Å². The Morgan fingerprint density at radius 3 is 1.71 bits per heavy atom. The monoisotopic (exact) mass is 184 g/mol. The Labute approximate surface area is 81.5 Å². The second-order valence-corrected chi connectivity index (χ2v) is 3.01. The summed E-state index contributed by atoms with van der Waals surface area (Å²) in [5.41, 5.74) is 0. The van der Waals surface area contributed by atoms with Gasteiger partial charge in [0.05, 0.1) is 0 Å². The highest BCUT2D eigenvalue weighted by atomic mass is 15.6. The second-order valence-electron chi connectivity index (χ2n) is 3.01. The first-order valence-corrected chi connectivity index (χ1v) is 4.39. The minimum Gasteiger partial charge on any atom is -0.219 e. The first-order valence-electron chi connectivity index (χ1n) is 4.39. The number of fused-ring (bicyclic) bond motifs is 2. The highest BCUT2D eigenvalue weighted by molar-refractivity contribution is 6.02. The van der Waals surface area contributed by atoms with Crippen molar-refractivity contribution >= 4 is 11.7 Å². The lowest BCUT2D eigenvalue weighted by Gasteiger charge is -2.27. The first kappa shape index (κ1) is 7.32. The van der Waals surface area contributed by atoms with Crippen LogP contribution in [-0.4, -0.2) is 21.7 Å². The van der Waals surface area contributed by atoms with Crippen molar-refractivity contribution in [1.29, 1.82) is 0 Å². The minimum atomic E-state index is 0.830. The lowest BCUT2D eigenvalue weighted by molar-refractivity contribution is 0.490. The van der Waals surface area contributed by atoms with Crippen LogP contribution in [0.25, 0.3) is 0 Å². The molecule has 0 N–H and O–H groups in total. The van der Waals surface area contributed by atoms with Gasteiger partial charge in [0.2, 0.25) is 0 Å². The van der Waals surface area contributed by atoms with E-state index in [2.05, 4.69) is 10.2 Å². The van der Waals surface area contributed by atoms with Crippen LogP contribution in [0, 0.1) is 0 Å². The Balaban J connectivity index is 2.04. The van der Waals surface area contributed by atoms with Gasteiger partial charge in [-0.05, 0) is 24.3 Å². The topological polar surface area (TPSA) is 31.2 Å². The fourth-order valence-corrected chi connectivity index (χ4v) is 1.40. The first-order chi connectivity index (χ1) is 6.93. The number of nitrogens with zero attached hydrogens (tertiary/aromatic N) is 4. The molecule has 0 saturated carbocycles. The van der Waals surface area contributed by atoms with Gasteiger partial charge in [-0.15, -0.1) is 10.2 Å². The van der Waals surface area contributed by atoms with Crippen LogP contribution in [0.1, 0.15) is 0 Å². The molecule has 3 aliphatic heterocycles. The zero-order valence-electron chi connectivity index (χ0n) is 7.41. The number of hydrogen-bond acceptors (Lipinski definition) is 4. The molecule has 0 radical (unpaired) electrons. The van der Waals surface area contributed by atoms with Crippen LogP contribution in [0.2, 0.25) is 0 Å². The highest BCUT2D eigenvalue weighted by Crippen LogP contribution is 2.14. The summed E-state index contributed by atoms with van der Waals surface area (Å²) in [4.78, 5) is 0. The summed E-state index contributed by atoms with van der Waals surface area (Å²) < 4.78 is 0. The van der Waals surface area contributed by atoms with Crippen molar-refractivity contribution in [2.75, 3.05) is 0 Å². The molecule has 0 spiro atoms. The Kier molecular flexibility index (Phi) is 1.41. The van der Waals surface area contributed by atoms with Gasteiger partial charge in [-0.2, -0.15) is 0 Å². The van der Waals surface area contributed by atoms with E-state index < -0.39 is 0 Å². The second kappa shape index (κ2) is 2.70. The van der Waals surface area contributed by atoms with Gasteiger partial charge in [0.15, 0.2) is 11.7 Å². The summed E-state index contributed by atoms with van der Waals surface area (Å²) in [6, 6.07) is 0. The predicted molar refractivity (Wildman–Crippen MR) is 55.1 cm³/mol.